The van der Waals surface area contributed by atoms with Gasteiger partial charge in [-0.1, -0.05) is 17.8 Å². The molecule has 0 fully saturated rings. The van der Waals surface area contributed by atoms with E-state index < -0.39 is 5.91 Å². The van der Waals surface area contributed by atoms with Crippen LogP contribution in [-0.4, -0.2) is 11.0 Å². The number of amides is 1. The van der Waals surface area contributed by atoms with Gasteiger partial charge in [0.05, 0.1) is 0 Å². The molecule has 0 spiro atoms. The third kappa shape index (κ3) is 1.45. The summed E-state index contributed by atoms with van der Waals surface area (Å²) in [4.78, 5) is 22.7. The summed E-state index contributed by atoms with van der Waals surface area (Å²) in [5.41, 5.74) is 6.55. The number of carbonyl (C=O) groups is 2. The summed E-state index contributed by atoms with van der Waals surface area (Å²) in [5, 5.41) is 0.122. The summed E-state index contributed by atoms with van der Waals surface area (Å²) < 4.78 is 0. The van der Waals surface area contributed by atoms with Gasteiger partial charge in [-0.3, -0.25) is 9.59 Å². The number of thioether (sulfide) groups is 1. The van der Waals surface area contributed by atoms with Gasteiger partial charge in [0.2, 0.25) is 5.91 Å². The van der Waals surface area contributed by atoms with Crippen LogP contribution in [-0.2, 0) is 11.2 Å². The first kappa shape index (κ1) is 8.31. The van der Waals surface area contributed by atoms with Crippen molar-refractivity contribution < 1.29 is 9.59 Å². The van der Waals surface area contributed by atoms with E-state index in [1.54, 1.807) is 18.2 Å². The Kier molecular flexibility index (Phi) is 1.84. The minimum atomic E-state index is -0.456. The third-order valence-electron chi connectivity index (χ3n) is 1.91. The molecule has 1 aliphatic rings. The fraction of sp³-hybridized carbons (Fsp3) is 0.111. The van der Waals surface area contributed by atoms with Crippen LogP contribution in [0.3, 0.4) is 0 Å². The van der Waals surface area contributed by atoms with E-state index in [-0.39, 0.29) is 5.12 Å². The smallest absolute Gasteiger partial charge is 0.248 e. The summed E-state index contributed by atoms with van der Waals surface area (Å²) in [6.07, 6.45) is 0.457. The number of hydrogen-bond donors (Lipinski definition) is 1. The molecule has 1 amide bonds. The molecular formula is C9H7NO2S. The van der Waals surface area contributed by atoms with Gasteiger partial charge in [-0.2, -0.15) is 0 Å². The van der Waals surface area contributed by atoms with Crippen molar-refractivity contribution in [3.8, 4) is 0 Å². The van der Waals surface area contributed by atoms with Crippen LogP contribution >= 0.6 is 11.8 Å². The van der Waals surface area contributed by atoms with Crippen molar-refractivity contribution in [3.05, 3.63) is 29.3 Å². The lowest BCUT2D eigenvalue weighted by Gasteiger charge is -1.98. The molecule has 13 heavy (non-hydrogen) atoms. The minimum Gasteiger partial charge on any atom is -0.366 e. The largest absolute Gasteiger partial charge is 0.366 e. The minimum absolute atomic E-state index is 0.122. The Morgan fingerprint density at radius 3 is 2.92 bits per heavy atom. The summed E-state index contributed by atoms with van der Waals surface area (Å²) in [7, 11) is 0. The van der Waals surface area contributed by atoms with E-state index in [9.17, 15) is 9.59 Å². The zero-order chi connectivity index (χ0) is 9.42. The highest BCUT2D eigenvalue weighted by Gasteiger charge is 2.19. The maximum Gasteiger partial charge on any atom is 0.248 e. The van der Waals surface area contributed by atoms with Gasteiger partial charge >= 0.3 is 0 Å². The number of fused-ring (bicyclic) bond motifs is 1. The van der Waals surface area contributed by atoms with Crippen molar-refractivity contribution in [3.63, 3.8) is 0 Å². The molecule has 1 aliphatic heterocycles. The van der Waals surface area contributed by atoms with Gasteiger partial charge in [0.1, 0.15) is 0 Å². The fourth-order valence-corrected chi connectivity index (χ4v) is 2.19. The molecule has 66 valence electrons. The van der Waals surface area contributed by atoms with Gasteiger partial charge in [-0.25, -0.2) is 0 Å². The molecule has 1 aromatic rings. The monoisotopic (exact) mass is 193 g/mol. The third-order valence-corrected chi connectivity index (χ3v) is 2.88. The average Bonchev–Trinajstić information content (AvgIpc) is 2.42. The number of carbonyl (C=O) groups excluding carboxylic acids is 2. The maximum atomic E-state index is 11.0. The lowest BCUT2D eigenvalue weighted by Crippen LogP contribution is -2.10. The van der Waals surface area contributed by atoms with Crippen molar-refractivity contribution in [2.75, 3.05) is 0 Å². The SMILES string of the molecule is NC(=O)c1ccc2c(c1)SC(=O)C2. The molecule has 0 saturated heterocycles. The Balaban J connectivity index is 2.45. The molecule has 0 unspecified atom stereocenters. The molecule has 2 N–H and O–H groups in total. The average molecular weight is 193 g/mol. The second kappa shape index (κ2) is 2.88. The molecule has 3 nitrogen and oxygen atoms in total. The first-order valence-electron chi connectivity index (χ1n) is 3.80. The normalized spacial score (nSPS) is 14.3. The van der Waals surface area contributed by atoms with Crippen LogP contribution in [0.5, 0.6) is 0 Å². The van der Waals surface area contributed by atoms with Crippen LogP contribution < -0.4 is 5.73 Å². The van der Waals surface area contributed by atoms with E-state index in [1.165, 1.54) is 11.8 Å². The van der Waals surface area contributed by atoms with Gasteiger partial charge in [-0.15, -0.1) is 0 Å². The number of rotatable bonds is 1. The maximum absolute atomic E-state index is 11.0. The van der Waals surface area contributed by atoms with E-state index in [0.717, 1.165) is 10.5 Å². The highest BCUT2D eigenvalue weighted by Crippen LogP contribution is 2.32. The van der Waals surface area contributed by atoms with E-state index in [2.05, 4.69) is 0 Å². The quantitative estimate of drug-likeness (QED) is 0.722. The molecular weight excluding hydrogens is 186 g/mol. The van der Waals surface area contributed by atoms with E-state index in [1.807, 2.05) is 0 Å². The highest BCUT2D eigenvalue weighted by atomic mass is 32.2. The summed E-state index contributed by atoms with van der Waals surface area (Å²) >= 11 is 1.18. The Bertz CT molecular complexity index is 401. The first-order chi connectivity index (χ1) is 6.16. The predicted molar refractivity (Wildman–Crippen MR) is 49.5 cm³/mol. The summed E-state index contributed by atoms with van der Waals surface area (Å²) in [5.74, 6) is -0.456. The number of benzene rings is 1. The number of hydrogen-bond acceptors (Lipinski definition) is 3. The van der Waals surface area contributed by atoms with Crippen LogP contribution in [0.1, 0.15) is 15.9 Å². The molecule has 1 heterocycles. The van der Waals surface area contributed by atoms with Gasteiger partial charge in [0.15, 0.2) is 5.12 Å². The van der Waals surface area contributed by atoms with Crippen LogP contribution in [0, 0.1) is 0 Å². The van der Waals surface area contributed by atoms with Crippen LogP contribution in [0.2, 0.25) is 0 Å². The standard InChI is InChI=1S/C9H7NO2S/c10-9(12)6-2-1-5-4-8(11)13-7(5)3-6/h1-3H,4H2,(H2,10,12). The Hall–Kier alpha value is -1.29. The molecule has 0 bridgehead atoms. The van der Waals surface area contributed by atoms with Crippen molar-refractivity contribution in [2.45, 2.75) is 11.3 Å². The zero-order valence-electron chi connectivity index (χ0n) is 6.74. The molecule has 0 radical (unpaired) electrons. The summed E-state index contributed by atoms with van der Waals surface area (Å²) in [6, 6.07) is 5.11. The van der Waals surface area contributed by atoms with Crippen molar-refractivity contribution >= 4 is 22.8 Å². The van der Waals surface area contributed by atoms with Gasteiger partial charge in [0.25, 0.3) is 0 Å². The van der Waals surface area contributed by atoms with E-state index >= 15 is 0 Å². The number of nitrogens with two attached hydrogens (primary N) is 1. The lowest BCUT2D eigenvalue weighted by atomic mass is 10.1. The first-order valence-corrected chi connectivity index (χ1v) is 4.62. The highest BCUT2D eigenvalue weighted by molar-refractivity contribution is 8.14. The zero-order valence-corrected chi connectivity index (χ0v) is 7.56. The van der Waals surface area contributed by atoms with Crippen LogP contribution in [0.4, 0.5) is 0 Å². The summed E-state index contributed by atoms with van der Waals surface area (Å²) in [6.45, 7) is 0. The van der Waals surface area contributed by atoms with Crippen molar-refractivity contribution in [2.24, 2.45) is 5.73 Å². The Labute approximate surface area is 79.3 Å². The Morgan fingerprint density at radius 2 is 2.23 bits per heavy atom. The molecule has 2 rings (SSSR count). The molecule has 0 aromatic heterocycles. The molecule has 0 atom stereocenters. The second-order valence-corrected chi connectivity index (χ2v) is 3.94. The van der Waals surface area contributed by atoms with E-state index in [4.69, 9.17) is 5.73 Å². The second-order valence-electron chi connectivity index (χ2n) is 2.84. The molecule has 1 aromatic carbocycles. The van der Waals surface area contributed by atoms with Crippen molar-refractivity contribution in [1.82, 2.24) is 0 Å². The molecule has 0 aliphatic carbocycles. The molecule has 4 heteroatoms. The Morgan fingerprint density at radius 1 is 1.46 bits per heavy atom. The lowest BCUT2D eigenvalue weighted by molar-refractivity contribution is -0.110. The predicted octanol–water partition coefficient (Wildman–Crippen LogP) is 0.960. The topological polar surface area (TPSA) is 60.2 Å². The van der Waals surface area contributed by atoms with Crippen LogP contribution in [0.25, 0.3) is 0 Å². The van der Waals surface area contributed by atoms with Gasteiger partial charge in [0, 0.05) is 16.9 Å². The van der Waals surface area contributed by atoms with Gasteiger partial charge in [-0.05, 0) is 17.7 Å². The van der Waals surface area contributed by atoms with E-state index in [0.29, 0.717) is 12.0 Å². The fourth-order valence-electron chi connectivity index (χ4n) is 1.26. The number of primary amides is 1. The van der Waals surface area contributed by atoms with Gasteiger partial charge < -0.3 is 5.73 Å². The van der Waals surface area contributed by atoms with Crippen LogP contribution in [0.15, 0.2) is 23.1 Å². The molecule has 0 saturated carbocycles. The van der Waals surface area contributed by atoms with Crippen molar-refractivity contribution in [1.29, 1.82) is 0 Å².